The molecule has 2 aromatic rings. The zero-order valence-electron chi connectivity index (χ0n) is 11.5. The van der Waals surface area contributed by atoms with Gasteiger partial charge in [0, 0.05) is 31.0 Å². The predicted molar refractivity (Wildman–Crippen MR) is 80.2 cm³/mol. The summed E-state index contributed by atoms with van der Waals surface area (Å²) < 4.78 is 5.29. The van der Waals surface area contributed by atoms with Crippen molar-refractivity contribution in [2.45, 2.75) is 25.8 Å². The molecule has 0 bridgehead atoms. The number of hydrogen-bond donors (Lipinski definition) is 2. The molecule has 0 radical (unpaired) electrons. The van der Waals surface area contributed by atoms with E-state index < -0.39 is 0 Å². The molecule has 0 atom stereocenters. The third kappa shape index (κ3) is 2.93. The summed E-state index contributed by atoms with van der Waals surface area (Å²) in [6, 6.07) is 8.86. The Morgan fingerprint density at radius 2 is 1.90 bits per heavy atom. The molecule has 0 unspecified atom stereocenters. The van der Waals surface area contributed by atoms with Gasteiger partial charge >= 0.3 is 0 Å². The highest BCUT2D eigenvalue weighted by Gasteiger charge is 2.10. The molecule has 1 aromatic heterocycles. The second-order valence-electron chi connectivity index (χ2n) is 5.07. The third-order valence-electron chi connectivity index (χ3n) is 3.60. The lowest BCUT2D eigenvalue weighted by Crippen LogP contribution is -2.29. The molecular formula is C15H20N4O. The molecule has 3 N–H and O–H groups in total. The molecule has 0 saturated carbocycles. The molecule has 0 spiro atoms. The van der Waals surface area contributed by atoms with Crippen LogP contribution in [0, 0.1) is 0 Å². The first-order valence-corrected chi connectivity index (χ1v) is 7.11. The Morgan fingerprint density at radius 3 is 2.55 bits per heavy atom. The van der Waals surface area contributed by atoms with Crippen LogP contribution in [0.5, 0.6) is 0 Å². The second-order valence-corrected chi connectivity index (χ2v) is 5.07. The van der Waals surface area contributed by atoms with Crippen molar-refractivity contribution in [3.63, 3.8) is 0 Å². The molecule has 2 heterocycles. The average Bonchev–Trinajstić information content (AvgIpc) is 2.97. The number of oxazole rings is 1. The summed E-state index contributed by atoms with van der Waals surface area (Å²) in [7, 11) is 0. The van der Waals surface area contributed by atoms with E-state index in [0.29, 0.717) is 12.6 Å². The number of nitrogens with zero attached hydrogens (tertiary/aromatic N) is 2. The number of rotatable bonds is 4. The summed E-state index contributed by atoms with van der Waals surface area (Å²) in [5, 5.41) is 3.14. The average molecular weight is 272 g/mol. The van der Waals surface area contributed by atoms with Gasteiger partial charge in [0.25, 0.3) is 6.01 Å². The fourth-order valence-corrected chi connectivity index (χ4v) is 2.49. The smallest absolute Gasteiger partial charge is 0.299 e. The van der Waals surface area contributed by atoms with Crippen molar-refractivity contribution >= 4 is 17.4 Å². The molecule has 1 fully saturated rings. The summed E-state index contributed by atoms with van der Waals surface area (Å²) in [6.07, 6.45) is 5.50. The molecule has 1 aliphatic rings. The SMILES string of the molecule is NCc1coc(Nc2ccc(N3CCCCC3)cc2)n1. The molecule has 0 aliphatic carbocycles. The molecule has 5 nitrogen and oxygen atoms in total. The Labute approximate surface area is 118 Å². The van der Waals surface area contributed by atoms with Crippen LogP contribution in [0.25, 0.3) is 0 Å². The van der Waals surface area contributed by atoms with Crippen molar-refractivity contribution in [3.8, 4) is 0 Å². The molecule has 3 rings (SSSR count). The van der Waals surface area contributed by atoms with Crippen molar-refractivity contribution < 1.29 is 4.42 Å². The van der Waals surface area contributed by atoms with E-state index in [2.05, 4.69) is 39.5 Å². The molecule has 1 saturated heterocycles. The summed E-state index contributed by atoms with van der Waals surface area (Å²) in [4.78, 5) is 6.66. The minimum atomic E-state index is 0.388. The van der Waals surface area contributed by atoms with Gasteiger partial charge in [0.1, 0.15) is 6.26 Å². The number of hydrogen-bond acceptors (Lipinski definition) is 5. The van der Waals surface area contributed by atoms with E-state index in [-0.39, 0.29) is 0 Å². The predicted octanol–water partition coefficient (Wildman–Crippen LogP) is 2.87. The van der Waals surface area contributed by atoms with Gasteiger partial charge in [-0.1, -0.05) is 0 Å². The van der Waals surface area contributed by atoms with Crippen molar-refractivity contribution in [1.82, 2.24) is 4.98 Å². The number of nitrogens with two attached hydrogens (primary N) is 1. The van der Waals surface area contributed by atoms with E-state index in [1.165, 1.54) is 24.9 Å². The van der Waals surface area contributed by atoms with Crippen molar-refractivity contribution in [1.29, 1.82) is 0 Å². The van der Waals surface area contributed by atoms with Gasteiger partial charge in [-0.25, -0.2) is 0 Å². The molecular weight excluding hydrogens is 252 g/mol. The summed E-state index contributed by atoms with van der Waals surface area (Å²) in [6.45, 7) is 2.71. The van der Waals surface area contributed by atoms with E-state index in [0.717, 1.165) is 24.5 Å². The fourth-order valence-electron chi connectivity index (χ4n) is 2.49. The first-order valence-electron chi connectivity index (χ1n) is 7.11. The second kappa shape index (κ2) is 5.96. The quantitative estimate of drug-likeness (QED) is 0.895. The van der Waals surface area contributed by atoms with E-state index in [1.807, 2.05) is 0 Å². The Morgan fingerprint density at radius 1 is 1.15 bits per heavy atom. The van der Waals surface area contributed by atoms with Crippen LogP contribution in [0.4, 0.5) is 17.4 Å². The zero-order chi connectivity index (χ0) is 13.8. The van der Waals surface area contributed by atoms with Crippen LogP contribution in [-0.4, -0.2) is 18.1 Å². The molecule has 20 heavy (non-hydrogen) atoms. The van der Waals surface area contributed by atoms with E-state index in [4.69, 9.17) is 10.2 Å². The van der Waals surface area contributed by atoms with Gasteiger partial charge in [0.2, 0.25) is 0 Å². The number of aromatic nitrogens is 1. The number of benzene rings is 1. The van der Waals surface area contributed by atoms with Crippen LogP contribution in [-0.2, 0) is 6.54 Å². The normalized spacial score (nSPS) is 15.3. The van der Waals surface area contributed by atoms with Crippen molar-refractivity contribution in [2.24, 2.45) is 5.73 Å². The molecule has 1 aliphatic heterocycles. The maximum atomic E-state index is 5.50. The molecule has 5 heteroatoms. The lowest BCUT2D eigenvalue weighted by Gasteiger charge is -2.28. The standard InChI is InChI=1S/C15H20N4O/c16-10-13-11-20-15(18-13)17-12-4-6-14(7-5-12)19-8-2-1-3-9-19/h4-7,11H,1-3,8-10,16H2,(H,17,18). The van der Waals surface area contributed by atoms with Crippen LogP contribution in [0.1, 0.15) is 25.0 Å². The van der Waals surface area contributed by atoms with Gasteiger partial charge in [-0.2, -0.15) is 4.98 Å². The van der Waals surface area contributed by atoms with E-state index in [9.17, 15) is 0 Å². The van der Waals surface area contributed by atoms with E-state index in [1.54, 1.807) is 6.26 Å². The maximum absolute atomic E-state index is 5.50. The lowest BCUT2D eigenvalue weighted by atomic mass is 10.1. The van der Waals surface area contributed by atoms with Gasteiger partial charge in [-0.15, -0.1) is 0 Å². The highest BCUT2D eigenvalue weighted by molar-refractivity contribution is 5.58. The van der Waals surface area contributed by atoms with Gasteiger partial charge < -0.3 is 20.4 Å². The fraction of sp³-hybridized carbons (Fsp3) is 0.400. The van der Waals surface area contributed by atoms with Crippen LogP contribution in [0.15, 0.2) is 34.9 Å². The van der Waals surface area contributed by atoms with Crippen LogP contribution in [0.2, 0.25) is 0 Å². The minimum absolute atomic E-state index is 0.388. The van der Waals surface area contributed by atoms with Crippen LogP contribution < -0.4 is 16.0 Å². The number of piperidine rings is 1. The Hall–Kier alpha value is -2.01. The van der Waals surface area contributed by atoms with E-state index >= 15 is 0 Å². The van der Waals surface area contributed by atoms with Crippen molar-refractivity contribution in [3.05, 3.63) is 36.2 Å². The molecule has 106 valence electrons. The number of anilines is 3. The first kappa shape index (κ1) is 13.0. The zero-order valence-corrected chi connectivity index (χ0v) is 11.5. The molecule has 1 aromatic carbocycles. The van der Waals surface area contributed by atoms with Gasteiger partial charge in [-0.05, 0) is 43.5 Å². The number of nitrogens with one attached hydrogen (secondary N) is 1. The summed E-state index contributed by atoms with van der Waals surface area (Å²) in [5.74, 6) is 0. The highest BCUT2D eigenvalue weighted by Crippen LogP contribution is 2.23. The van der Waals surface area contributed by atoms with Gasteiger partial charge in [-0.3, -0.25) is 0 Å². The summed E-state index contributed by atoms with van der Waals surface area (Å²) in [5.41, 5.74) is 8.50. The lowest BCUT2D eigenvalue weighted by molar-refractivity contribution is 0.575. The van der Waals surface area contributed by atoms with Crippen LogP contribution >= 0.6 is 0 Å². The minimum Gasteiger partial charge on any atom is -0.432 e. The Balaban J connectivity index is 1.66. The Kier molecular flexibility index (Phi) is 3.87. The summed E-state index contributed by atoms with van der Waals surface area (Å²) >= 11 is 0. The van der Waals surface area contributed by atoms with Crippen LogP contribution in [0.3, 0.4) is 0 Å². The topological polar surface area (TPSA) is 67.3 Å². The molecule has 0 amide bonds. The van der Waals surface area contributed by atoms with Gasteiger partial charge in [0.05, 0.1) is 5.69 Å². The largest absolute Gasteiger partial charge is 0.432 e. The highest BCUT2D eigenvalue weighted by atomic mass is 16.4. The maximum Gasteiger partial charge on any atom is 0.299 e. The van der Waals surface area contributed by atoms with Gasteiger partial charge in [0.15, 0.2) is 0 Å². The van der Waals surface area contributed by atoms with Crippen molar-refractivity contribution in [2.75, 3.05) is 23.3 Å². The third-order valence-corrected chi connectivity index (χ3v) is 3.60. The monoisotopic (exact) mass is 272 g/mol. The Bertz CT molecular complexity index is 543. The first-order chi connectivity index (χ1) is 9.85.